The Balaban J connectivity index is 1.63. The standard InChI is InChI=1S/C26H35N5O6S/c1-5-7-14-38-26-28-25-27-17(3)22(24(33)36-6-2)23(31(25)29-26)18-8-9-19(20(15-18)34-4)37-16-21(32)30-10-12-35-13-11-30/h8-9,15,23H,5-7,10-14,16H2,1-4H3,(H,27,28,29). The molecule has 4 rings (SSSR count). The van der Waals surface area contributed by atoms with E-state index in [1.807, 2.05) is 13.0 Å². The molecule has 2 aromatic rings. The maximum Gasteiger partial charge on any atom is 0.338 e. The summed E-state index contributed by atoms with van der Waals surface area (Å²) < 4.78 is 23.9. The minimum absolute atomic E-state index is 0.109. The molecule has 1 aromatic heterocycles. The van der Waals surface area contributed by atoms with Gasteiger partial charge < -0.3 is 29.2 Å². The van der Waals surface area contributed by atoms with Gasteiger partial charge in [0.2, 0.25) is 11.1 Å². The molecular weight excluding hydrogens is 510 g/mol. The molecule has 206 valence electrons. The highest BCUT2D eigenvalue weighted by atomic mass is 32.2. The van der Waals surface area contributed by atoms with Crippen LogP contribution in [0.5, 0.6) is 11.5 Å². The molecule has 0 saturated carbocycles. The van der Waals surface area contributed by atoms with Crippen molar-refractivity contribution in [2.45, 2.75) is 44.8 Å². The molecular formula is C26H35N5O6S. The van der Waals surface area contributed by atoms with Crippen LogP contribution in [0, 0.1) is 0 Å². The molecule has 1 amide bonds. The number of nitrogens with one attached hydrogen (secondary N) is 1. The molecule has 1 N–H and O–H groups in total. The summed E-state index contributed by atoms with van der Waals surface area (Å²) >= 11 is 1.58. The van der Waals surface area contributed by atoms with Gasteiger partial charge in [0.15, 0.2) is 18.1 Å². The van der Waals surface area contributed by atoms with Crippen LogP contribution in [0.2, 0.25) is 0 Å². The number of morpholine rings is 1. The van der Waals surface area contributed by atoms with Gasteiger partial charge in [-0.25, -0.2) is 9.48 Å². The molecule has 0 radical (unpaired) electrons. The maximum absolute atomic E-state index is 13.1. The molecule has 0 spiro atoms. The Labute approximate surface area is 226 Å². The van der Waals surface area contributed by atoms with Crippen molar-refractivity contribution in [2.24, 2.45) is 0 Å². The van der Waals surface area contributed by atoms with Crippen molar-refractivity contribution < 1.29 is 28.5 Å². The number of unbranched alkanes of at least 4 members (excludes halogenated alkanes) is 1. The second-order valence-electron chi connectivity index (χ2n) is 8.84. The SMILES string of the molecule is CCCCSc1nc2n(n1)C(c1ccc(OCC(=O)N3CCOCC3)c(OC)c1)C(C(=O)OCC)=C(C)N2. The summed E-state index contributed by atoms with van der Waals surface area (Å²) in [6, 6.07) is 4.80. The van der Waals surface area contributed by atoms with E-state index in [0.717, 1.165) is 24.2 Å². The number of fused-ring (bicyclic) bond motifs is 1. The van der Waals surface area contributed by atoms with Crippen LogP contribution in [-0.2, 0) is 19.1 Å². The minimum Gasteiger partial charge on any atom is -0.493 e. The van der Waals surface area contributed by atoms with Crippen LogP contribution in [0.3, 0.4) is 0 Å². The number of aromatic nitrogens is 3. The highest BCUT2D eigenvalue weighted by Gasteiger charge is 2.35. The van der Waals surface area contributed by atoms with Crippen LogP contribution >= 0.6 is 11.8 Å². The fraction of sp³-hybridized carbons (Fsp3) is 0.538. The third-order valence-electron chi connectivity index (χ3n) is 6.28. The first kappa shape index (κ1) is 27.8. The first-order chi connectivity index (χ1) is 18.5. The predicted octanol–water partition coefficient (Wildman–Crippen LogP) is 3.27. The fourth-order valence-corrected chi connectivity index (χ4v) is 5.21. The lowest BCUT2D eigenvalue weighted by Crippen LogP contribution is -2.43. The van der Waals surface area contributed by atoms with Crippen molar-refractivity contribution in [3.8, 4) is 11.5 Å². The zero-order valence-electron chi connectivity index (χ0n) is 22.3. The lowest BCUT2D eigenvalue weighted by Gasteiger charge is -2.28. The summed E-state index contributed by atoms with van der Waals surface area (Å²) in [6.45, 7) is 8.03. The second-order valence-corrected chi connectivity index (χ2v) is 9.91. The van der Waals surface area contributed by atoms with Gasteiger partial charge in [0.1, 0.15) is 6.04 Å². The number of anilines is 1. The summed E-state index contributed by atoms with van der Waals surface area (Å²) in [5.41, 5.74) is 1.83. The number of hydrogen-bond donors (Lipinski definition) is 1. The normalized spacial score (nSPS) is 17.1. The largest absolute Gasteiger partial charge is 0.493 e. The average molecular weight is 546 g/mol. The summed E-state index contributed by atoms with van der Waals surface area (Å²) in [5.74, 6) is 1.79. The van der Waals surface area contributed by atoms with Crippen LogP contribution < -0.4 is 14.8 Å². The van der Waals surface area contributed by atoms with E-state index in [9.17, 15) is 9.59 Å². The van der Waals surface area contributed by atoms with E-state index in [1.165, 1.54) is 7.11 Å². The monoisotopic (exact) mass is 545 g/mol. The van der Waals surface area contributed by atoms with Crippen LogP contribution in [0.4, 0.5) is 5.95 Å². The Morgan fingerprint density at radius 2 is 2.00 bits per heavy atom. The number of amides is 1. The van der Waals surface area contributed by atoms with Gasteiger partial charge >= 0.3 is 5.97 Å². The van der Waals surface area contributed by atoms with E-state index in [4.69, 9.17) is 24.0 Å². The van der Waals surface area contributed by atoms with Crippen LogP contribution in [0.1, 0.15) is 45.2 Å². The Kier molecular flexibility index (Phi) is 9.51. The van der Waals surface area contributed by atoms with Crippen molar-refractivity contribution >= 4 is 29.6 Å². The number of rotatable bonds is 11. The number of methoxy groups -OCH3 is 1. The topological polar surface area (TPSA) is 117 Å². The number of carbonyl (C=O) groups is 2. The summed E-state index contributed by atoms with van der Waals surface area (Å²) in [4.78, 5) is 32.0. The fourth-order valence-electron chi connectivity index (χ4n) is 4.30. The average Bonchev–Trinajstić information content (AvgIpc) is 3.33. The van der Waals surface area contributed by atoms with Gasteiger partial charge in [0, 0.05) is 24.5 Å². The number of thioether (sulfide) groups is 1. The van der Waals surface area contributed by atoms with Gasteiger partial charge in [-0.1, -0.05) is 31.2 Å². The lowest BCUT2D eigenvalue weighted by atomic mass is 9.95. The van der Waals surface area contributed by atoms with E-state index >= 15 is 0 Å². The van der Waals surface area contributed by atoms with Gasteiger partial charge in [0.05, 0.1) is 32.5 Å². The van der Waals surface area contributed by atoms with Crippen molar-refractivity contribution in [2.75, 3.05) is 57.7 Å². The zero-order valence-corrected chi connectivity index (χ0v) is 23.1. The van der Waals surface area contributed by atoms with Gasteiger partial charge in [-0.3, -0.25) is 4.79 Å². The molecule has 2 aliphatic rings. The number of nitrogens with zero attached hydrogens (tertiary/aromatic N) is 4. The number of carbonyl (C=O) groups excluding carboxylic acids is 2. The molecule has 0 aliphatic carbocycles. The molecule has 0 bridgehead atoms. The first-order valence-electron chi connectivity index (χ1n) is 12.9. The van der Waals surface area contributed by atoms with E-state index < -0.39 is 12.0 Å². The number of allylic oxidation sites excluding steroid dienone is 1. The number of hydrogen-bond acceptors (Lipinski definition) is 10. The molecule has 11 nitrogen and oxygen atoms in total. The van der Waals surface area contributed by atoms with Crippen LogP contribution in [0.25, 0.3) is 0 Å². The number of esters is 1. The van der Waals surface area contributed by atoms with Crippen LogP contribution in [0.15, 0.2) is 34.6 Å². The van der Waals surface area contributed by atoms with Gasteiger partial charge in [-0.15, -0.1) is 5.10 Å². The highest BCUT2D eigenvalue weighted by Crippen LogP contribution is 2.40. The lowest BCUT2D eigenvalue weighted by molar-refractivity contribution is -0.139. The molecule has 12 heteroatoms. The molecule has 38 heavy (non-hydrogen) atoms. The van der Waals surface area contributed by atoms with Crippen molar-refractivity contribution in [3.63, 3.8) is 0 Å². The van der Waals surface area contributed by atoms with Gasteiger partial charge in [-0.2, -0.15) is 4.98 Å². The number of benzene rings is 1. The van der Waals surface area contributed by atoms with Gasteiger partial charge in [-0.05, 0) is 38.0 Å². The van der Waals surface area contributed by atoms with Crippen LogP contribution in [-0.4, -0.2) is 83.9 Å². The summed E-state index contributed by atoms with van der Waals surface area (Å²) in [6.07, 6.45) is 2.14. The summed E-state index contributed by atoms with van der Waals surface area (Å²) in [7, 11) is 1.54. The molecule has 1 aromatic carbocycles. The Morgan fingerprint density at radius 3 is 2.71 bits per heavy atom. The Hall–Kier alpha value is -3.25. The van der Waals surface area contributed by atoms with E-state index in [2.05, 4.69) is 17.2 Å². The van der Waals surface area contributed by atoms with E-state index in [0.29, 0.717) is 60.2 Å². The van der Waals surface area contributed by atoms with Crippen molar-refractivity contribution in [3.05, 3.63) is 35.0 Å². The van der Waals surface area contributed by atoms with Gasteiger partial charge in [0.25, 0.3) is 5.91 Å². The predicted molar refractivity (Wildman–Crippen MR) is 143 cm³/mol. The molecule has 1 unspecified atom stereocenters. The third kappa shape index (κ3) is 6.24. The molecule has 2 aliphatic heterocycles. The maximum atomic E-state index is 13.1. The Bertz CT molecular complexity index is 1180. The Morgan fingerprint density at radius 1 is 1.21 bits per heavy atom. The molecule has 1 fully saturated rings. The zero-order chi connectivity index (χ0) is 27.1. The summed E-state index contributed by atoms with van der Waals surface area (Å²) in [5, 5.41) is 8.58. The minimum atomic E-state index is -0.587. The molecule has 1 saturated heterocycles. The molecule has 3 heterocycles. The third-order valence-corrected chi connectivity index (χ3v) is 7.20. The quantitative estimate of drug-likeness (QED) is 0.256. The molecule has 1 atom stereocenters. The van der Waals surface area contributed by atoms with Crippen molar-refractivity contribution in [1.29, 1.82) is 0 Å². The highest BCUT2D eigenvalue weighted by molar-refractivity contribution is 7.99. The van der Waals surface area contributed by atoms with Crippen molar-refractivity contribution in [1.82, 2.24) is 19.7 Å². The van der Waals surface area contributed by atoms with E-state index in [1.54, 1.807) is 40.4 Å². The second kappa shape index (κ2) is 13.0. The van der Waals surface area contributed by atoms with E-state index in [-0.39, 0.29) is 19.1 Å². The smallest absolute Gasteiger partial charge is 0.338 e. The number of ether oxygens (including phenoxy) is 4. The first-order valence-corrected chi connectivity index (χ1v) is 13.9.